The van der Waals surface area contributed by atoms with Crippen molar-refractivity contribution in [2.75, 3.05) is 20.3 Å². The van der Waals surface area contributed by atoms with Gasteiger partial charge in [-0.15, -0.1) is 0 Å². The third-order valence-corrected chi connectivity index (χ3v) is 3.62. The van der Waals surface area contributed by atoms with Crippen LogP contribution in [0.15, 0.2) is 18.2 Å². The third-order valence-electron chi connectivity index (χ3n) is 3.62. The van der Waals surface area contributed by atoms with E-state index in [1.807, 2.05) is 39.0 Å². The van der Waals surface area contributed by atoms with Crippen LogP contribution in [0, 0.1) is 6.92 Å². The fourth-order valence-electron chi connectivity index (χ4n) is 2.42. The predicted octanol–water partition coefficient (Wildman–Crippen LogP) is 2.00. The van der Waals surface area contributed by atoms with Gasteiger partial charge < -0.3 is 24.9 Å². The van der Waals surface area contributed by atoms with Gasteiger partial charge in [0.05, 0.1) is 12.6 Å². The van der Waals surface area contributed by atoms with Crippen molar-refractivity contribution in [1.82, 2.24) is 10.3 Å². The van der Waals surface area contributed by atoms with E-state index in [4.69, 9.17) is 9.47 Å². The van der Waals surface area contributed by atoms with Crippen molar-refractivity contribution in [2.45, 2.75) is 32.9 Å². The molecule has 0 saturated carbocycles. The molecule has 2 rings (SSSR count). The molecule has 126 valence electrons. The van der Waals surface area contributed by atoms with Crippen LogP contribution in [0.3, 0.4) is 0 Å². The second-order valence-electron chi connectivity index (χ2n) is 5.82. The molecule has 0 aliphatic heterocycles. The number of esters is 1. The van der Waals surface area contributed by atoms with E-state index in [1.165, 1.54) is 7.11 Å². The molecular weight excluding hydrogens is 296 g/mol. The number of aromatic nitrogens is 1. The Morgan fingerprint density at radius 2 is 2.13 bits per heavy atom. The van der Waals surface area contributed by atoms with Gasteiger partial charge >= 0.3 is 5.97 Å². The van der Waals surface area contributed by atoms with E-state index in [1.54, 1.807) is 0 Å². The number of aryl methyl sites for hydroxylation is 1. The number of ether oxygens (including phenoxy) is 2. The summed E-state index contributed by atoms with van der Waals surface area (Å²) in [6.45, 7) is 6.52. The Balaban J connectivity index is 2.18. The van der Waals surface area contributed by atoms with Crippen molar-refractivity contribution in [1.29, 1.82) is 0 Å². The number of rotatable bonds is 7. The Bertz CT molecular complexity index is 679. The molecule has 0 saturated heterocycles. The summed E-state index contributed by atoms with van der Waals surface area (Å²) in [4.78, 5) is 14.8. The normalized spacial score (nSPS) is 12.6. The lowest BCUT2D eigenvalue weighted by Crippen LogP contribution is -2.35. The van der Waals surface area contributed by atoms with Gasteiger partial charge in [-0.25, -0.2) is 4.79 Å². The molecule has 0 radical (unpaired) electrons. The standard InChI is InChI=1S/C17H24N2O4/c1-10(2)18-8-12(20)9-23-14-7-5-6-13-15(14)11(3)16(19-13)17(21)22-4/h5-7,10,12,18-20H,8-9H2,1-4H3. The minimum Gasteiger partial charge on any atom is -0.490 e. The van der Waals surface area contributed by atoms with Gasteiger partial charge in [0.25, 0.3) is 0 Å². The zero-order valence-corrected chi connectivity index (χ0v) is 14.0. The lowest BCUT2D eigenvalue weighted by Gasteiger charge is -2.15. The van der Waals surface area contributed by atoms with Crippen LogP contribution in [0.5, 0.6) is 5.75 Å². The first kappa shape index (κ1) is 17.3. The average molecular weight is 320 g/mol. The van der Waals surface area contributed by atoms with Crippen LogP contribution in [0.2, 0.25) is 0 Å². The van der Waals surface area contributed by atoms with Crippen LogP contribution in [0.4, 0.5) is 0 Å². The van der Waals surface area contributed by atoms with Gasteiger partial charge in [0.15, 0.2) is 0 Å². The fraction of sp³-hybridized carbons (Fsp3) is 0.471. The second kappa shape index (κ2) is 7.48. The maximum Gasteiger partial charge on any atom is 0.354 e. The highest BCUT2D eigenvalue weighted by Crippen LogP contribution is 2.31. The SMILES string of the molecule is COC(=O)c1[nH]c2cccc(OCC(O)CNC(C)C)c2c1C. The molecule has 3 N–H and O–H groups in total. The Hall–Kier alpha value is -2.05. The van der Waals surface area contributed by atoms with Gasteiger partial charge in [-0.3, -0.25) is 0 Å². The van der Waals surface area contributed by atoms with Crippen molar-refractivity contribution in [3.05, 3.63) is 29.5 Å². The molecule has 0 fully saturated rings. The van der Waals surface area contributed by atoms with Gasteiger partial charge in [0, 0.05) is 18.0 Å². The topological polar surface area (TPSA) is 83.6 Å². The number of hydrogen-bond donors (Lipinski definition) is 3. The minimum absolute atomic E-state index is 0.178. The first-order valence-electron chi connectivity index (χ1n) is 7.67. The largest absolute Gasteiger partial charge is 0.490 e. The summed E-state index contributed by atoms with van der Waals surface area (Å²) in [7, 11) is 1.35. The van der Waals surface area contributed by atoms with Crippen molar-refractivity contribution in [2.24, 2.45) is 0 Å². The molecule has 0 amide bonds. The van der Waals surface area contributed by atoms with Crippen LogP contribution in [0.25, 0.3) is 10.9 Å². The molecule has 6 nitrogen and oxygen atoms in total. The average Bonchev–Trinajstić information content (AvgIpc) is 2.87. The van der Waals surface area contributed by atoms with Gasteiger partial charge in [0.2, 0.25) is 0 Å². The number of hydrogen-bond acceptors (Lipinski definition) is 5. The number of aliphatic hydroxyl groups is 1. The second-order valence-corrected chi connectivity index (χ2v) is 5.82. The van der Waals surface area contributed by atoms with E-state index < -0.39 is 12.1 Å². The van der Waals surface area contributed by atoms with Crippen LogP contribution in [-0.4, -0.2) is 48.5 Å². The van der Waals surface area contributed by atoms with E-state index in [2.05, 4.69) is 10.3 Å². The summed E-state index contributed by atoms with van der Waals surface area (Å²) in [5.41, 5.74) is 1.99. The summed E-state index contributed by atoms with van der Waals surface area (Å²) < 4.78 is 10.5. The summed E-state index contributed by atoms with van der Waals surface area (Å²) in [6, 6.07) is 5.85. The van der Waals surface area contributed by atoms with Crippen molar-refractivity contribution in [3.63, 3.8) is 0 Å². The molecule has 1 unspecified atom stereocenters. The maximum absolute atomic E-state index is 11.8. The molecule has 0 spiro atoms. The van der Waals surface area contributed by atoms with Crippen LogP contribution < -0.4 is 10.1 Å². The highest BCUT2D eigenvalue weighted by molar-refractivity contribution is 6.00. The van der Waals surface area contributed by atoms with Crippen LogP contribution in [-0.2, 0) is 4.74 Å². The van der Waals surface area contributed by atoms with Gasteiger partial charge in [-0.05, 0) is 24.6 Å². The maximum atomic E-state index is 11.8. The number of carbonyl (C=O) groups is 1. The number of methoxy groups -OCH3 is 1. The van der Waals surface area contributed by atoms with E-state index >= 15 is 0 Å². The summed E-state index contributed by atoms with van der Waals surface area (Å²) >= 11 is 0. The van der Waals surface area contributed by atoms with Gasteiger partial charge in [-0.2, -0.15) is 0 Å². The molecule has 23 heavy (non-hydrogen) atoms. The number of nitrogens with one attached hydrogen (secondary N) is 2. The Labute approximate surface area is 135 Å². The minimum atomic E-state index is -0.605. The summed E-state index contributed by atoms with van der Waals surface area (Å²) in [6.07, 6.45) is -0.605. The van der Waals surface area contributed by atoms with Crippen molar-refractivity contribution >= 4 is 16.9 Å². The van der Waals surface area contributed by atoms with E-state index in [0.29, 0.717) is 24.0 Å². The summed E-state index contributed by atoms with van der Waals surface area (Å²) in [5, 5.41) is 14.0. The number of H-pyrrole nitrogens is 1. The number of carbonyl (C=O) groups excluding carboxylic acids is 1. The number of aromatic amines is 1. The van der Waals surface area contributed by atoms with Gasteiger partial charge in [-0.1, -0.05) is 19.9 Å². The highest BCUT2D eigenvalue weighted by Gasteiger charge is 2.18. The lowest BCUT2D eigenvalue weighted by molar-refractivity contribution is 0.0594. The molecule has 0 aliphatic rings. The lowest BCUT2D eigenvalue weighted by atomic mass is 10.1. The fourth-order valence-corrected chi connectivity index (χ4v) is 2.42. The molecule has 0 aliphatic carbocycles. The van der Waals surface area contributed by atoms with Gasteiger partial charge in [0.1, 0.15) is 24.2 Å². The molecule has 1 aromatic heterocycles. The molecule has 2 aromatic rings. The van der Waals surface area contributed by atoms with Crippen LogP contribution >= 0.6 is 0 Å². The quantitative estimate of drug-likeness (QED) is 0.680. The molecule has 6 heteroatoms. The van der Waals surface area contributed by atoms with Crippen LogP contribution in [0.1, 0.15) is 29.9 Å². The number of aliphatic hydroxyl groups excluding tert-OH is 1. The first-order valence-corrected chi connectivity index (χ1v) is 7.67. The molecule has 0 bridgehead atoms. The smallest absolute Gasteiger partial charge is 0.354 e. The Morgan fingerprint density at radius 1 is 1.39 bits per heavy atom. The predicted molar refractivity (Wildman–Crippen MR) is 89.0 cm³/mol. The highest BCUT2D eigenvalue weighted by atomic mass is 16.5. The van der Waals surface area contributed by atoms with E-state index in [0.717, 1.165) is 16.5 Å². The zero-order valence-electron chi connectivity index (χ0n) is 14.0. The van der Waals surface area contributed by atoms with E-state index in [9.17, 15) is 9.90 Å². The first-order chi connectivity index (χ1) is 10.9. The zero-order chi connectivity index (χ0) is 17.0. The summed E-state index contributed by atoms with van der Waals surface area (Å²) in [5.74, 6) is 0.223. The molecular formula is C17H24N2O4. The van der Waals surface area contributed by atoms with Crippen molar-refractivity contribution < 1.29 is 19.4 Å². The number of benzene rings is 1. The molecule has 1 heterocycles. The molecule has 1 atom stereocenters. The van der Waals surface area contributed by atoms with E-state index in [-0.39, 0.29) is 6.61 Å². The molecule has 1 aromatic carbocycles. The third kappa shape index (κ3) is 4.03. The Morgan fingerprint density at radius 3 is 2.78 bits per heavy atom. The van der Waals surface area contributed by atoms with Crippen molar-refractivity contribution in [3.8, 4) is 5.75 Å². The monoisotopic (exact) mass is 320 g/mol. The Kier molecular flexibility index (Phi) is 5.63. The number of fused-ring (bicyclic) bond motifs is 1.